The molecule has 0 aliphatic rings. The molecule has 0 saturated heterocycles. The smallest absolute Gasteiger partial charge is 0.235 e. The maximum atomic E-state index is 7.06. The molecule has 0 N–H and O–H groups in total. The Morgan fingerprint density at radius 2 is 0.561 bits per heavy atom. The Bertz CT molecular complexity index is 9130. The second kappa shape index (κ2) is 27.0. The highest BCUT2D eigenvalue weighted by atomic mass is 16.3. The largest absolute Gasteiger partial charge is 0.454 e. The van der Waals surface area contributed by atoms with Gasteiger partial charge in [-0.15, -0.1) is 0 Å². The van der Waals surface area contributed by atoms with Gasteiger partial charge in [0.05, 0.1) is 44.5 Å². The molecule has 123 heavy (non-hydrogen) atoms. The average Bonchev–Trinajstić information content (AvgIpc) is 1.54. The Hall–Kier alpha value is -16.6. The van der Waals surface area contributed by atoms with Crippen molar-refractivity contribution in [2.45, 2.75) is 0 Å². The molecule has 0 atom stereocenters. The van der Waals surface area contributed by atoms with Crippen molar-refractivity contribution < 1.29 is 8.83 Å². The van der Waals surface area contributed by atoms with Gasteiger partial charge in [-0.25, -0.2) is 19.9 Å². The minimum Gasteiger partial charge on any atom is -0.454 e. The lowest BCUT2D eigenvalue weighted by atomic mass is 9.93. The molecular formula is C114H67N7O2. The van der Waals surface area contributed by atoms with E-state index in [9.17, 15) is 0 Å². The molecule has 9 nitrogen and oxygen atoms in total. The lowest BCUT2D eigenvalue weighted by Gasteiger charge is -2.14. The van der Waals surface area contributed by atoms with Crippen molar-refractivity contribution in [2.24, 2.45) is 0 Å². The van der Waals surface area contributed by atoms with Gasteiger partial charge in [0, 0.05) is 92.2 Å². The first-order valence-corrected chi connectivity index (χ1v) is 41.8. The van der Waals surface area contributed by atoms with Crippen LogP contribution in [0.3, 0.4) is 0 Å². The predicted molar refractivity (Wildman–Crippen MR) is 511 cm³/mol. The van der Waals surface area contributed by atoms with Crippen molar-refractivity contribution in [2.75, 3.05) is 0 Å². The first kappa shape index (κ1) is 68.4. The zero-order valence-corrected chi connectivity index (χ0v) is 66.1. The first-order valence-electron chi connectivity index (χ1n) is 41.8. The fourth-order valence-corrected chi connectivity index (χ4v) is 20.0. The molecule has 20 aromatic carbocycles. The summed E-state index contributed by atoms with van der Waals surface area (Å²) in [5, 5.41) is 24.8. The Labute approximate surface area is 702 Å². The highest BCUT2D eigenvalue weighted by Gasteiger charge is 2.29. The normalized spacial score (nSPS) is 12.1. The number of aromatic nitrogens is 7. The van der Waals surface area contributed by atoms with Crippen LogP contribution in [0, 0.1) is 0 Å². The third-order valence-corrected chi connectivity index (χ3v) is 25.5. The molecule has 7 heterocycles. The van der Waals surface area contributed by atoms with Crippen molar-refractivity contribution in [3.05, 3.63) is 406 Å². The van der Waals surface area contributed by atoms with Crippen LogP contribution in [0.25, 0.3) is 258 Å². The van der Waals surface area contributed by atoms with E-state index in [2.05, 4.69) is 408 Å². The third kappa shape index (κ3) is 10.4. The van der Waals surface area contributed by atoms with E-state index in [0.717, 1.165) is 197 Å². The standard InChI is InChI=1S/C58H34N4O.C56H33N3O/c1-3-16-36(17-4-1)54-45-31-27-35-15-7-8-20-40(35)55(45)60-58(59-54)62-49-25-13-10-22-43(49)52-42-30-28-37(34-47(42)53-44-23-11-14-26-51(44)63-57(53)56(52)62)38-29-32-50-46(33-38)41-21-9-12-24-48(41)61(50)39-18-5-2-6-19-39;1-2-13-34(14-3-1)35-25-27-38(28-26-35)52-46-32-29-37-16-5-7-19-42(37)53(46)58-56(57-52)59-48-23-10-8-20-44(48)50-47-33-39(41-22-12-17-36-15-4-6-18-40(36)41)30-31-43(47)51-45-21-9-11-24-49(45)60-55(51)54(50)59/h1-34H;1-33H. The molecular weight excluding hydrogens is 1500 g/mol. The second-order valence-corrected chi connectivity index (χ2v) is 32.1. The number of fused-ring (bicyclic) bond motifs is 30. The fourth-order valence-electron chi connectivity index (χ4n) is 20.0. The molecule has 0 spiro atoms. The van der Waals surface area contributed by atoms with Crippen LogP contribution < -0.4 is 0 Å². The highest BCUT2D eigenvalue weighted by Crippen LogP contribution is 2.51. The quantitative estimate of drug-likeness (QED) is 0.141. The number of para-hydroxylation sites is 6. The maximum absolute atomic E-state index is 7.06. The summed E-state index contributed by atoms with van der Waals surface area (Å²) in [6.07, 6.45) is 0. The minimum absolute atomic E-state index is 0.596. The summed E-state index contributed by atoms with van der Waals surface area (Å²) in [6.45, 7) is 0. The van der Waals surface area contributed by atoms with Gasteiger partial charge < -0.3 is 13.4 Å². The fraction of sp³-hybridized carbons (Fsp3) is 0. The van der Waals surface area contributed by atoms with Gasteiger partial charge in [-0.2, -0.15) is 0 Å². The number of benzene rings is 20. The van der Waals surface area contributed by atoms with E-state index >= 15 is 0 Å². The van der Waals surface area contributed by atoms with Crippen molar-refractivity contribution in [3.8, 4) is 73.5 Å². The van der Waals surface area contributed by atoms with Crippen molar-refractivity contribution >= 4 is 185 Å². The van der Waals surface area contributed by atoms with Crippen LogP contribution in [0.15, 0.2) is 415 Å². The van der Waals surface area contributed by atoms with Crippen LogP contribution in [-0.2, 0) is 0 Å². The molecule has 0 radical (unpaired) electrons. The molecule has 570 valence electrons. The summed E-state index contributed by atoms with van der Waals surface area (Å²) < 4.78 is 20.9. The van der Waals surface area contributed by atoms with Crippen LogP contribution in [0.5, 0.6) is 0 Å². The van der Waals surface area contributed by atoms with Crippen LogP contribution in [0.1, 0.15) is 0 Å². The molecule has 27 rings (SSSR count). The predicted octanol–water partition coefficient (Wildman–Crippen LogP) is 30.5. The Kier molecular flexibility index (Phi) is 15.0. The van der Waals surface area contributed by atoms with Gasteiger partial charge in [0.1, 0.15) is 22.2 Å². The van der Waals surface area contributed by atoms with E-state index in [-0.39, 0.29) is 0 Å². The Morgan fingerprint density at radius 1 is 0.195 bits per heavy atom. The van der Waals surface area contributed by atoms with Gasteiger partial charge in [0.2, 0.25) is 11.9 Å². The van der Waals surface area contributed by atoms with E-state index in [4.69, 9.17) is 28.8 Å². The van der Waals surface area contributed by atoms with Crippen molar-refractivity contribution in [3.63, 3.8) is 0 Å². The molecule has 27 aromatic rings. The summed E-state index contributed by atoms with van der Waals surface area (Å²) in [4.78, 5) is 22.1. The Balaban J connectivity index is 0.000000132. The SMILES string of the molecule is c1ccc(-c2ccc(-c3nc(-n4c5ccccc5c5c6cc(-c7cccc8ccccc78)ccc6c6c7ccccc7oc6c54)nc4c3ccc3ccccc34)cc2)cc1.c1ccc(-c2nc(-n3c4ccccc4c4c5ccc(-c6ccc7c(c6)c6ccccc6n7-c6ccccc6)cc5c5c6ccccc6oc5c43)nc3c2ccc2ccccc23)cc1. The summed E-state index contributed by atoms with van der Waals surface area (Å²) in [5.74, 6) is 1.20. The van der Waals surface area contributed by atoms with Crippen LogP contribution >= 0.6 is 0 Å². The van der Waals surface area contributed by atoms with Crippen molar-refractivity contribution in [1.29, 1.82) is 0 Å². The summed E-state index contributed by atoms with van der Waals surface area (Å²) in [7, 11) is 0. The van der Waals surface area contributed by atoms with E-state index in [1.807, 2.05) is 12.1 Å². The van der Waals surface area contributed by atoms with Gasteiger partial charge >= 0.3 is 0 Å². The lowest BCUT2D eigenvalue weighted by Crippen LogP contribution is -2.04. The van der Waals surface area contributed by atoms with E-state index in [1.165, 1.54) is 49.3 Å². The van der Waals surface area contributed by atoms with Crippen molar-refractivity contribution in [1.82, 2.24) is 33.6 Å². The summed E-state index contributed by atoms with van der Waals surface area (Å²) in [6, 6.07) is 145. The molecule has 0 unspecified atom stereocenters. The maximum Gasteiger partial charge on any atom is 0.235 e. The zero-order valence-electron chi connectivity index (χ0n) is 66.1. The average molecular weight is 1570 g/mol. The molecule has 0 aliphatic carbocycles. The van der Waals surface area contributed by atoms with Crippen LogP contribution in [0.2, 0.25) is 0 Å². The Morgan fingerprint density at radius 3 is 1.15 bits per heavy atom. The molecule has 0 aliphatic heterocycles. The first-order chi connectivity index (χ1) is 61.0. The van der Waals surface area contributed by atoms with Gasteiger partial charge in [0.15, 0.2) is 11.2 Å². The lowest BCUT2D eigenvalue weighted by molar-refractivity contribution is 0.670. The number of hydrogen-bond donors (Lipinski definition) is 0. The van der Waals surface area contributed by atoms with E-state index in [0.29, 0.717) is 11.9 Å². The summed E-state index contributed by atoms with van der Waals surface area (Å²) in [5.41, 5.74) is 23.5. The monoisotopic (exact) mass is 1570 g/mol. The molecule has 9 heteroatoms. The molecule has 0 amide bonds. The van der Waals surface area contributed by atoms with Gasteiger partial charge in [0.25, 0.3) is 0 Å². The number of rotatable bonds is 8. The van der Waals surface area contributed by atoms with E-state index < -0.39 is 0 Å². The van der Waals surface area contributed by atoms with Crippen LogP contribution in [-0.4, -0.2) is 33.6 Å². The third-order valence-electron chi connectivity index (χ3n) is 25.5. The number of furan rings is 2. The zero-order chi connectivity index (χ0) is 80.5. The molecule has 7 aromatic heterocycles. The number of hydrogen-bond acceptors (Lipinski definition) is 6. The van der Waals surface area contributed by atoms with Gasteiger partial charge in [-0.05, 0) is 155 Å². The van der Waals surface area contributed by atoms with Crippen LogP contribution in [0.4, 0.5) is 0 Å². The number of nitrogens with zero attached hydrogens (tertiary/aromatic N) is 7. The van der Waals surface area contributed by atoms with Gasteiger partial charge in [-0.1, -0.05) is 328 Å². The van der Waals surface area contributed by atoms with Gasteiger partial charge in [-0.3, -0.25) is 9.13 Å². The molecule has 0 saturated carbocycles. The minimum atomic E-state index is 0.596. The second-order valence-electron chi connectivity index (χ2n) is 32.1. The summed E-state index contributed by atoms with van der Waals surface area (Å²) >= 11 is 0. The highest BCUT2D eigenvalue weighted by molar-refractivity contribution is 6.37. The topological polar surface area (TPSA) is 92.6 Å². The van der Waals surface area contributed by atoms with E-state index in [1.54, 1.807) is 0 Å². The molecule has 0 fully saturated rings. The molecule has 0 bridgehead atoms.